The average Bonchev–Trinajstić information content (AvgIpc) is 2.35. The molecule has 2 rings (SSSR count). The van der Waals surface area contributed by atoms with E-state index in [1.54, 1.807) is 6.07 Å². The van der Waals surface area contributed by atoms with Crippen LogP contribution in [0.25, 0.3) is 0 Å². The molecular formula is C12H8Cl2FNO2. The van der Waals surface area contributed by atoms with Gasteiger partial charge in [-0.2, -0.15) is 0 Å². The van der Waals surface area contributed by atoms with Gasteiger partial charge in [0, 0.05) is 6.07 Å². The fourth-order valence-electron chi connectivity index (χ4n) is 1.30. The maximum absolute atomic E-state index is 12.9. The molecule has 0 atom stereocenters. The molecule has 1 heterocycles. The molecule has 0 amide bonds. The van der Waals surface area contributed by atoms with Crippen molar-refractivity contribution < 1.29 is 14.2 Å². The Morgan fingerprint density at radius 2 is 1.94 bits per heavy atom. The zero-order valence-electron chi connectivity index (χ0n) is 9.03. The van der Waals surface area contributed by atoms with E-state index in [4.69, 9.17) is 33.0 Å². The highest BCUT2D eigenvalue weighted by Crippen LogP contribution is 2.29. The Labute approximate surface area is 113 Å². The second kappa shape index (κ2) is 5.52. The van der Waals surface area contributed by atoms with Crippen molar-refractivity contribution in [2.45, 2.75) is 6.61 Å². The van der Waals surface area contributed by atoms with Gasteiger partial charge in [0.25, 0.3) is 0 Å². The normalized spacial score (nSPS) is 10.4. The molecule has 0 radical (unpaired) electrons. The van der Waals surface area contributed by atoms with Crippen LogP contribution in [-0.2, 0) is 6.61 Å². The van der Waals surface area contributed by atoms with Crippen molar-refractivity contribution in [2.24, 2.45) is 0 Å². The van der Waals surface area contributed by atoms with Gasteiger partial charge in [0.05, 0.1) is 22.3 Å². The van der Waals surface area contributed by atoms with Crippen LogP contribution in [0.5, 0.6) is 11.6 Å². The number of aliphatic hydroxyl groups is 1. The molecule has 2 aromatic rings. The number of aliphatic hydroxyl groups excluding tert-OH is 1. The third-order valence-electron chi connectivity index (χ3n) is 2.15. The van der Waals surface area contributed by atoms with Crippen molar-refractivity contribution in [3.05, 3.63) is 51.9 Å². The summed E-state index contributed by atoms with van der Waals surface area (Å²) in [7, 11) is 0. The van der Waals surface area contributed by atoms with E-state index in [0.29, 0.717) is 10.7 Å². The lowest BCUT2D eigenvalue weighted by atomic mass is 10.3. The minimum Gasteiger partial charge on any atom is -0.437 e. The summed E-state index contributed by atoms with van der Waals surface area (Å²) < 4.78 is 18.2. The number of rotatable bonds is 3. The zero-order valence-corrected chi connectivity index (χ0v) is 10.5. The molecule has 94 valence electrons. The topological polar surface area (TPSA) is 42.4 Å². The lowest BCUT2D eigenvalue weighted by Crippen LogP contribution is -1.95. The monoisotopic (exact) mass is 287 g/mol. The maximum Gasteiger partial charge on any atom is 0.219 e. The second-order valence-corrected chi connectivity index (χ2v) is 4.23. The van der Waals surface area contributed by atoms with E-state index in [-0.39, 0.29) is 23.3 Å². The molecular weight excluding hydrogens is 280 g/mol. The number of hydrogen-bond acceptors (Lipinski definition) is 3. The quantitative estimate of drug-likeness (QED) is 0.933. The summed E-state index contributed by atoms with van der Waals surface area (Å²) in [6.45, 7) is -0.298. The Morgan fingerprint density at radius 1 is 1.17 bits per heavy atom. The van der Waals surface area contributed by atoms with Gasteiger partial charge in [0.1, 0.15) is 11.6 Å². The van der Waals surface area contributed by atoms with Gasteiger partial charge in [-0.25, -0.2) is 9.37 Å². The average molecular weight is 288 g/mol. The van der Waals surface area contributed by atoms with Crippen LogP contribution in [0.1, 0.15) is 5.69 Å². The van der Waals surface area contributed by atoms with Crippen LogP contribution in [0.2, 0.25) is 10.0 Å². The van der Waals surface area contributed by atoms with Crippen LogP contribution in [-0.4, -0.2) is 10.1 Å². The highest BCUT2D eigenvalue weighted by molar-refractivity contribution is 6.32. The third kappa shape index (κ3) is 2.90. The molecule has 0 fully saturated rings. The van der Waals surface area contributed by atoms with Crippen molar-refractivity contribution in [1.82, 2.24) is 4.98 Å². The Balaban J connectivity index is 2.28. The van der Waals surface area contributed by atoms with Gasteiger partial charge in [0.2, 0.25) is 5.88 Å². The predicted octanol–water partition coefficient (Wildman–Crippen LogP) is 3.81. The van der Waals surface area contributed by atoms with Gasteiger partial charge in [-0.05, 0) is 24.3 Å². The number of ether oxygens (including phenoxy) is 1. The first kappa shape index (κ1) is 13.1. The molecule has 0 aliphatic rings. The summed E-state index contributed by atoms with van der Waals surface area (Å²) in [6.07, 6.45) is 0. The first-order valence-electron chi connectivity index (χ1n) is 4.99. The van der Waals surface area contributed by atoms with Gasteiger partial charge >= 0.3 is 0 Å². The van der Waals surface area contributed by atoms with Crippen LogP contribution < -0.4 is 4.74 Å². The lowest BCUT2D eigenvalue weighted by Gasteiger charge is -2.08. The van der Waals surface area contributed by atoms with Gasteiger partial charge in [-0.3, -0.25) is 0 Å². The first-order valence-corrected chi connectivity index (χ1v) is 5.75. The van der Waals surface area contributed by atoms with Gasteiger partial charge in [-0.1, -0.05) is 23.2 Å². The number of halogens is 3. The Bertz CT molecular complexity index is 578. The Kier molecular flexibility index (Phi) is 4.01. The van der Waals surface area contributed by atoms with Crippen molar-refractivity contribution in [3.8, 4) is 11.6 Å². The van der Waals surface area contributed by atoms with Crippen LogP contribution in [0.3, 0.4) is 0 Å². The fourth-order valence-corrected chi connectivity index (χ4v) is 1.67. The highest BCUT2D eigenvalue weighted by Gasteiger charge is 2.08. The van der Waals surface area contributed by atoms with Crippen molar-refractivity contribution in [1.29, 1.82) is 0 Å². The molecule has 0 unspecified atom stereocenters. The fraction of sp³-hybridized carbons (Fsp3) is 0.0833. The van der Waals surface area contributed by atoms with Crippen LogP contribution >= 0.6 is 23.2 Å². The number of benzene rings is 1. The summed E-state index contributed by atoms with van der Waals surface area (Å²) in [5, 5.41) is 9.50. The summed E-state index contributed by atoms with van der Waals surface area (Å²) >= 11 is 11.6. The summed E-state index contributed by atoms with van der Waals surface area (Å²) in [5.41, 5.74) is 0.299. The molecule has 0 aliphatic heterocycles. The Hall–Kier alpha value is -1.36. The number of aromatic nitrogens is 1. The number of nitrogens with zero attached hydrogens (tertiary/aromatic N) is 1. The third-order valence-corrected chi connectivity index (χ3v) is 2.79. The number of pyridine rings is 1. The summed E-state index contributed by atoms with van der Waals surface area (Å²) in [4.78, 5) is 3.99. The lowest BCUT2D eigenvalue weighted by molar-refractivity contribution is 0.275. The molecule has 0 saturated carbocycles. The molecule has 0 spiro atoms. The predicted molar refractivity (Wildman–Crippen MR) is 66.7 cm³/mol. The van der Waals surface area contributed by atoms with Crippen LogP contribution in [0.15, 0.2) is 30.3 Å². The van der Waals surface area contributed by atoms with Crippen molar-refractivity contribution in [3.63, 3.8) is 0 Å². The van der Waals surface area contributed by atoms with Crippen molar-refractivity contribution in [2.75, 3.05) is 0 Å². The van der Waals surface area contributed by atoms with E-state index in [2.05, 4.69) is 4.98 Å². The molecule has 1 aromatic heterocycles. The molecule has 6 heteroatoms. The van der Waals surface area contributed by atoms with E-state index in [1.165, 1.54) is 18.2 Å². The van der Waals surface area contributed by atoms with Crippen LogP contribution in [0, 0.1) is 5.82 Å². The zero-order chi connectivity index (χ0) is 13.1. The van der Waals surface area contributed by atoms with E-state index in [1.807, 2.05) is 0 Å². The SMILES string of the molecule is OCc1nc(Oc2ccc(F)cc2Cl)ccc1Cl. The largest absolute Gasteiger partial charge is 0.437 e. The molecule has 1 N–H and O–H groups in total. The van der Waals surface area contributed by atoms with Gasteiger partial charge < -0.3 is 9.84 Å². The molecule has 0 aliphatic carbocycles. The Morgan fingerprint density at radius 3 is 2.61 bits per heavy atom. The molecule has 1 aromatic carbocycles. The van der Waals surface area contributed by atoms with Crippen LogP contribution in [0.4, 0.5) is 4.39 Å². The maximum atomic E-state index is 12.9. The second-order valence-electron chi connectivity index (χ2n) is 3.41. The minimum absolute atomic E-state index is 0.136. The smallest absolute Gasteiger partial charge is 0.219 e. The highest BCUT2D eigenvalue weighted by atomic mass is 35.5. The molecule has 0 saturated heterocycles. The van der Waals surface area contributed by atoms with E-state index in [0.717, 1.165) is 6.07 Å². The standard InChI is InChI=1S/C12H8Cl2FNO2/c13-8-2-4-12(16-10(8)6-17)18-11-3-1-7(15)5-9(11)14/h1-5,17H,6H2. The number of hydrogen-bond donors (Lipinski definition) is 1. The molecule has 3 nitrogen and oxygen atoms in total. The van der Waals surface area contributed by atoms with Gasteiger partial charge in [-0.15, -0.1) is 0 Å². The van der Waals surface area contributed by atoms with E-state index < -0.39 is 5.82 Å². The van der Waals surface area contributed by atoms with Gasteiger partial charge in [0.15, 0.2) is 0 Å². The summed E-state index contributed by atoms with van der Waals surface area (Å²) in [5.74, 6) is 0.0428. The molecule has 18 heavy (non-hydrogen) atoms. The summed E-state index contributed by atoms with van der Waals surface area (Å²) in [6, 6.07) is 6.84. The first-order chi connectivity index (χ1) is 8.60. The van der Waals surface area contributed by atoms with E-state index in [9.17, 15) is 4.39 Å². The van der Waals surface area contributed by atoms with Crippen molar-refractivity contribution >= 4 is 23.2 Å². The van der Waals surface area contributed by atoms with E-state index >= 15 is 0 Å². The minimum atomic E-state index is -0.451. The molecule has 0 bridgehead atoms.